The molecule has 0 aromatic heterocycles. The van der Waals surface area contributed by atoms with Gasteiger partial charge in [0.1, 0.15) is 5.60 Å². The Morgan fingerprint density at radius 1 is 1.50 bits per heavy atom. The van der Waals surface area contributed by atoms with Gasteiger partial charge >= 0.3 is 6.09 Å². The minimum absolute atomic E-state index is 0.147. The van der Waals surface area contributed by atoms with Gasteiger partial charge in [-0.25, -0.2) is 4.79 Å². The van der Waals surface area contributed by atoms with Crippen LogP contribution in [0.4, 0.5) is 10.5 Å². The zero-order valence-corrected chi connectivity index (χ0v) is 12.7. The Labute approximate surface area is 124 Å². The van der Waals surface area contributed by atoms with Crippen molar-refractivity contribution in [3.63, 3.8) is 0 Å². The van der Waals surface area contributed by atoms with Crippen LogP contribution in [0.25, 0.3) is 0 Å². The maximum Gasteiger partial charge on any atom is 0.412 e. The number of rotatable bonds is 4. The molecule has 0 radical (unpaired) electrons. The Kier molecular flexibility index (Phi) is 5.80. The van der Waals surface area contributed by atoms with Gasteiger partial charge in [0, 0.05) is 23.7 Å². The summed E-state index contributed by atoms with van der Waals surface area (Å²) in [7, 11) is 0. The van der Waals surface area contributed by atoms with Gasteiger partial charge in [-0.15, -0.1) is 0 Å². The van der Waals surface area contributed by atoms with E-state index in [1.54, 1.807) is 39.0 Å². The molecule has 0 spiro atoms. The van der Waals surface area contributed by atoms with Crippen molar-refractivity contribution < 1.29 is 14.6 Å². The minimum Gasteiger partial charge on any atom is -0.444 e. The highest BCUT2D eigenvalue weighted by Gasteiger charge is 2.18. The fourth-order valence-corrected chi connectivity index (χ4v) is 1.77. The van der Waals surface area contributed by atoms with E-state index in [1.165, 1.54) is 0 Å². The van der Waals surface area contributed by atoms with Crippen LogP contribution in [-0.4, -0.2) is 29.4 Å². The van der Waals surface area contributed by atoms with Crippen molar-refractivity contribution in [2.75, 3.05) is 11.9 Å². The third-order valence-electron chi connectivity index (χ3n) is 2.44. The summed E-state index contributed by atoms with van der Waals surface area (Å²) in [4.78, 5) is 11.8. The number of halogens is 1. The van der Waals surface area contributed by atoms with Crippen LogP contribution >= 0.6 is 11.6 Å². The predicted molar refractivity (Wildman–Crippen MR) is 80.1 cm³/mol. The average molecular weight is 301 g/mol. The van der Waals surface area contributed by atoms with Crippen molar-refractivity contribution in [3.05, 3.63) is 28.8 Å². The monoisotopic (exact) mass is 300 g/mol. The normalized spacial score (nSPS) is 12.9. The number of amides is 1. The molecule has 1 unspecified atom stereocenters. The number of benzene rings is 1. The first-order valence-corrected chi connectivity index (χ1v) is 6.75. The first kappa shape index (κ1) is 16.8. The van der Waals surface area contributed by atoms with E-state index in [9.17, 15) is 9.90 Å². The topological polar surface area (TPSA) is 84.6 Å². The molecule has 0 saturated carbocycles. The Morgan fingerprint density at radius 2 is 2.15 bits per heavy atom. The fourth-order valence-electron chi connectivity index (χ4n) is 1.59. The van der Waals surface area contributed by atoms with Crippen LogP contribution in [0.15, 0.2) is 18.2 Å². The Bertz CT molecular complexity index is 472. The molecule has 6 heteroatoms. The summed E-state index contributed by atoms with van der Waals surface area (Å²) in [5.74, 6) is 0. The third kappa shape index (κ3) is 5.77. The number of carbonyl (C=O) groups excluding carboxylic acids is 1. The molecule has 1 atom stereocenters. The van der Waals surface area contributed by atoms with Crippen molar-refractivity contribution >= 4 is 23.4 Å². The van der Waals surface area contributed by atoms with Crippen molar-refractivity contribution in [1.29, 1.82) is 0 Å². The van der Waals surface area contributed by atoms with E-state index in [4.69, 9.17) is 22.1 Å². The van der Waals surface area contributed by atoms with Gasteiger partial charge in [0.05, 0.1) is 6.10 Å². The lowest BCUT2D eigenvalue weighted by Gasteiger charge is -2.21. The van der Waals surface area contributed by atoms with Gasteiger partial charge in [0.15, 0.2) is 0 Å². The summed E-state index contributed by atoms with van der Waals surface area (Å²) < 4.78 is 5.19. The molecular weight excluding hydrogens is 280 g/mol. The zero-order chi connectivity index (χ0) is 15.3. The molecule has 20 heavy (non-hydrogen) atoms. The first-order valence-electron chi connectivity index (χ1n) is 6.38. The number of hydrogen-bond acceptors (Lipinski definition) is 4. The van der Waals surface area contributed by atoms with Gasteiger partial charge in [-0.1, -0.05) is 17.7 Å². The fraction of sp³-hybridized carbons (Fsp3) is 0.500. The van der Waals surface area contributed by atoms with E-state index in [1.807, 2.05) is 0 Å². The quantitative estimate of drug-likeness (QED) is 0.798. The van der Waals surface area contributed by atoms with Gasteiger partial charge in [-0.2, -0.15) is 0 Å². The van der Waals surface area contributed by atoms with Crippen molar-refractivity contribution in [2.45, 2.75) is 38.9 Å². The van der Waals surface area contributed by atoms with Gasteiger partial charge in [0.25, 0.3) is 0 Å². The number of aliphatic hydroxyl groups excluding tert-OH is 1. The number of nitrogens with two attached hydrogens (primary N) is 1. The molecule has 5 nitrogen and oxygen atoms in total. The van der Waals surface area contributed by atoms with Gasteiger partial charge < -0.3 is 15.6 Å². The summed E-state index contributed by atoms with van der Waals surface area (Å²) in [6, 6.07) is 5.05. The van der Waals surface area contributed by atoms with Crippen molar-refractivity contribution in [3.8, 4) is 0 Å². The highest BCUT2D eigenvalue weighted by Crippen LogP contribution is 2.23. The standard InChI is InChI=1S/C14H21ClN2O3/c1-14(2,3)20-13(19)17-12-7-10(15)5-4-9(12)6-11(18)8-16/h4-5,7,11,18H,6,8,16H2,1-3H3,(H,17,19). The second-order valence-electron chi connectivity index (χ2n) is 5.52. The van der Waals surface area contributed by atoms with E-state index in [0.29, 0.717) is 17.1 Å². The summed E-state index contributed by atoms with van der Waals surface area (Å²) >= 11 is 5.92. The van der Waals surface area contributed by atoms with Crippen LogP contribution in [0.1, 0.15) is 26.3 Å². The number of anilines is 1. The van der Waals surface area contributed by atoms with E-state index >= 15 is 0 Å². The van der Waals surface area contributed by atoms with Gasteiger partial charge in [0.2, 0.25) is 0 Å². The highest BCUT2D eigenvalue weighted by atomic mass is 35.5. The van der Waals surface area contributed by atoms with E-state index in [2.05, 4.69) is 5.32 Å². The number of aliphatic hydroxyl groups is 1. The molecule has 112 valence electrons. The molecule has 0 aliphatic carbocycles. The Morgan fingerprint density at radius 3 is 2.70 bits per heavy atom. The van der Waals surface area contributed by atoms with Crippen LogP contribution in [0.2, 0.25) is 5.02 Å². The molecule has 0 saturated heterocycles. The minimum atomic E-state index is -0.671. The summed E-state index contributed by atoms with van der Waals surface area (Å²) in [5.41, 5.74) is 6.07. The second-order valence-corrected chi connectivity index (χ2v) is 5.96. The summed E-state index contributed by atoms with van der Waals surface area (Å²) in [6.07, 6.45) is -0.905. The van der Waals surface area contributed by atoms with Crippen LogP contribution in [-0.2, 0) is 11.2 Å². The Balaban J connectivity index is 2.87. The molecule has 4 N–H and O–H groups in total. The largest absolute Gasteiger partial charge is 0.444 e. The number of nitrogens with one attached hydrogen (secondary N) is 1. The van der Waals surface area contributed by atoms with Crippen molar-refractivity contribution in [2.24, 2.45) is 5.73 Å². The third-order valence-corrected chi connectivity index (χ3v) is 2.67. The van der Waals surface area contributed by atoms with Crippen LogP contribution < -0.4 is 11.1 Å². The van der Waals surface area contributed by atoms with Crippen LogP contribution in [0.3, 0.4) is 0 Å². The maximum atomic E-state index is 11.8. The smallest absolute Gasteiger partial charge is 0.412 e. The SMILES string of the molecule is CC(C)(C)OC(=O)Nc1cc(Cl)ccc1CC(O)CN. The first-order chi connectivity index (χ1) is 9.21. The maximum absolute atomic E-state index is 11.8. The predicted octanol–water partition coefficient (Wildman–Crippen LogP) is 2.55. The van der Waals surface area contributed by atoms with Crippen molar-refractivity contribution in [1.82, 2.24) is 0 Å². The van der Waals surface area contributed by atoms with E-state index in [0.717, 1.165) is 5.56 Å². The number of ether oxygens (including phenoxy) is 1. The molecule has 1 aromatic carbocycles. The highest BCUT2D eigenvalue weighted by molar-refractivity contribution is 6.31. The lowest BCUT2D eigenvalue weighted by molar-refractivity contribution is 0.0635. The Hall–Kier alpha value is -1.30. The molecule has 1 rings (SSSR count). The summed E-state index contributed by atoms with van der Waals surface area (Å²) in [6.45, 7) is 5.49. The average Bonchev–Trinajstić information content (AvgIpc) is 2.29. The van der Waals surface area contributed by atoms with E-state index in [-0.39, 0.29) is 6.54 Å². The van der Waals surface area contributed by atoms with E-state index < -0.39 is 17.8 Å². The lowest BCUT2D eigenvalue weighted by Crippen LogP contribution is -2.28. The molecule has 0 heterocycles. The molecule has 0 aliphatic heterocycles. The second kappa shape index (κ2) is 6.92. The van der Waals surface area contributed by atoms with Crippen LogP contribution in [0.5, 0.6) is 0 Å². The molecule has 0 bridgehead atoms. The van der Waals surface area contributed by atoms with Crippen LogP contribution in [0, 0.1) is 0 Å². The molecule has 0 fully saturated rings. The van der Waals surface area contributed by atoms with Gasteiger partial charge in [-0.3, -0.25) is 5.32 Å². The number of carbonyl (C=O) groups is 1. The molecule has 0 aliphatic rings. The number of hydrogen-bond donors (Lipinski definition) is 3. The zero-order valence-electron chi connectivity index (χ0n) is 11.9. The molecular formula is C14H21ClN2O3. The summed E-state index contributed by atoms with van der Waals surface area (Å²) in [5, 5.41) is 12.8. The molecule has 1 amide bonds. The van der Waals surface area contributed by atoms with Gasteiger partial charge in [-0.05, 0) is 38.5 Å². The lowest BCUT2D eigenvalue weighted by atomic mass is 10.1. The molecule has 1 aromatic rings.